The summed E-state index contributed by atoms with van der Waals surface area (Å²) in [6.07, 6.45) is 5.51. The predicted octanol–water partition coefficient (Wildman–Crippen LogP) is 9.06. The first-order valence-corrected chi connectivity index (χ1v) is 10.5. The molecule has 0 aliphatic heterocycles. The van der Waals surface area contributed by atoms with Crippen molar-refractivity contribution in [2.75, 3.05) is 0 Å². The quantitative estimate of drug-likeness (QED) is 0.477. The van der Waals surface area contributed by atoms with Crippen molar-refractivity contribution >= 4 is 0 Å². The summed E-state index contributed by atoms with van der Waals surface area (Å²) in [5.41, 5.74) is 6.35. The molecule has 0 saturated carbocycles. The number of aromatic nitrogens is 2. The first-order valence-electron chi connectivity index (χ1n) is 10.5. The van der Waals surface area contributed by atoms with Gasteiger partial charge in [0.25, 0.3) is 0 Å². The third-order valence-corrected chi connectivity index (χ3v) is 4.52. The molecule has 2 heteroatoms. The molecule has 0 aromatic carbocycles. The molecule has 0 radical (unpaired) electrons. The molecule has 166 valence electrons. The van der Waals surface area contributed by atoms with Crippen molar-refractivity contribution in [3.8, 4) is 0 Å². The molecule has 2 nitrogen and oxygen atoms in total. The summed E-state index contributed by atoms with van der Waals surface area (Å²) in [5.74, 6) is 0.613. The van der Waals surface area contributed by atoms with Gasteiger partial charge in [0.2, 0.25) is 0 Å². The van der Waals surface area contributed by atoms with Crippen LogP contribution >= 0.6 is 0 Å². The first-order chi connectivity index (χ1) is 12.4. The van der Waals surface area contributed by atoms with Gasteiger partial charge in [-0.05, 0) is 56.6 Å². The Labute approximate surface area is 179 Å². The van der Waals surface area contributed by atoms with E-state index in [-0.39, 0.29) is 7.43 Å². The van der Waals surface area contributed by atoms with E-state index >= 15 is 0 Å². The molecule has 1 rings (SSSR count). The molecule has 0 fully saturated rings. The second-order valence-electron chi connectivity index (χ2n) is 8.15. The van der Waals surface area contributed by atoms with Gasteiger partial charge in [-0.1, -0.05) is 100.0 Å². The first kappa shape index (κ1) is 34.1. The maximum Gasteiger partial charge on any atom is 0.0631 e. The molecule has 28 heavy (non-hydrogen) atoms. The molecule has 1 aromatic rings. The van der Waals surface area contributed by atoms with Gasteiger partial charge >= 0.3 is 0 Å². The Morgan fingerprint density at radius 1 is 1.07 bits per heavy atom. The Morgan fingerprint density at radius 3 is 1.75 bits per heavy atom. The summed E-state index contributed by atoms with van der Waals surface area (Å²) in [6.45, 7) is 33.3. The predicted molar refractivity (Wildman–Crippen MR) is 132 cm³/mol. The van der Waals surface area contributed by atoms with Gasteiger partial charge in [0.05, 0.1) is 11.9 Å². The highest BCUT2D eigenvalue weighted by Gasteiger charge is 2.04. The fourth-order valence-corrected chi connectivity index (χ4v) is 1.69. The topological polar surface area (TPSA) is 25.8 Å². The molecule has 0 aliphatic rings. The Balaban J connectivity index is -0.000000149. The largest absolute Gasteiger partial charge is 0.159 e. The van der Waals surface area contributed by atoms with E-state index in [4.69, 9.17) is 0 Å². The normalized spacial score (nSPS) is 10.4. The van der Waals surface area contributed by atoms with E-state index in [9.17, 15) is 0 Å². The maximum absolute atomic E-state index is 3.97. The minimum absolute atomic E-state index is 0. The maximum atomic E-state index is 3.97. The summed E-state index contributed by atoms with van der Waals surface area (Å²) in [4.78, 5) is 0. The van der Waals surface area contributed by atoms with Crippen molar-refractivity contribution in [2.45, 2.75) is 110 Å². The SMILES string of the molecule is C.C=C(C)C(=C)C(C)CCC.CC.CCC(C)(C)C.Cc1cnnc(C)c1C. The summed E-state index contributed by atoms with van der Waals surface area (Å²) in [6, 6.07) is 0. The van der Waals surface area contributed by atoms with Crippen LogP contribution in [0.5, 0.6) is 0 Å². The number of nitrogens with zero attached hydrogens (tertiary/aromatic N) is 2. The van der Waals surface area contributed by atoms with E-state index in [1.165, 1.54) is 36.0 Å². The lowest BCUT2D eigenvalue weighted by Gasteiger charge is -2.12. The molecule has 0 amide bonds. The minimum atomic E-state index is 0. The van der Waals surface area contributed by atoms with Crippen LogP contribution in [0.15, 0.2) is 30.5 Å². The number of allylic oxidation sites excluding steroid dienone is 2. The highest BCUT2D eigenvalue weighted by Crippen LogP contribution is 2.19. The minimum Gasteiger partial charge on any atom is -0.159 e. The Morgan fingerprint density at radius 2 is 1.50 bits per heavy atom. The van der Waals surface area contributed by atoms with Crippen molar-refractivity contribution in [1.29, 1.82) is 0 Å². The van der Waals surface area contributed by atoms with Crippen molar-refractivity contribution in [1.82, 2.24) is 10.2 Å². The lowest BCUT2D eigenvalue weighted by Crippen LogP contribution is -2.00. The van der Waals surface area contributed by atoms with E-state index in [2.05, 4.69) is 71.8 Å². The number of hydrogen-bond acceptors (Lipinski definition) is 2. The molecular formula is C26H52N2. The molecular weight excluding hydrogens is 340 g/mol. The van der Waals surface area contributed by atoms with Gasteiger partial charge in [-0.2, -0.15) is 10.2 Å². The highest BCUT2D eigenvalue weighted by atomic mass is 15.1. The summed E-state index contributed by atoms with van der Waals surface area (Å²) in [7, 11) is 0. The molecule has 1 atom stereocenters. The van der Waals surface area contributed by atoms with Gasteiger partial charge < -0.3 is 0 Å². The number of hydrogen-bond donors (Lipinski definition) is 0. The van der Waals surface area contributed by atoms with Gasteiger partial charge in [0.15, 0.2) is 0 Å². The zero-order valence-corrected chi connectivity index (χ0v) is 20.6. The van der Waals surface area contributed by atoms with Gasteiger partial charge in [0.1, 0.15) is 0 Å². The van der Waals surface area contributed by atoms with E-state index in [1.54, 1.807) is 6.20 Å². The third kappa shape index (κ3) is 19.3. The number of aryl methyl sites for hydroxylation is 2. The summed E-state index contributed by atoms with van der Waals surface area (Å²) >= 11 is 0. The van der Waals surface area contributed by atoms with E-state index < -0.39 is 0 Å². The Hall–Kier alpha value is -1.44. The molecule has 0 bridgehead atoms. The smallest absolute Gasteiger partial charge is 0.0631 e. The van der Waals surface area contributed by atoms with Gasteiger partial charge in [0, 0.05) is 0 Å². The van der Waals surface area contributed by atoms with E-state index in [0.29, 0.717) is 11.3 Å². The van der Waals surface area contributed by atoms with E-state index in [1.807, 2.05) is 34.6 Å². The van der Waals surface area contributed by atoms with Crippen molar-refractivity contribution < 1.29 is 0 Å². The monoisotopic (exact) mass is 392 g/mol. The Bertz CT molecular complexity index is 501. The van der Waals surface area contributed by atoms with Gasteiger partial charge in [-0.25, -0.2) is 0 Å². The van der Waals surface area contributed by atoms with Crippen molar-refractivity contribution in [2.24, 2.45) is 11.3 Å². The number of rotatable bonds is 4. The van der Waals surface area contributed by atoms with Crippen LogP contribution in [0, 0.1) is 32.1 Å². The van der Waals surface area contributed by atoms with Crippen molar-refractivity contribution in [3.05, 3.63) is 47.3 Å². The molecule has 0 saturated heterocycles. The molecule has 1 aromatic heterocycles. The third-order valence-electron chi connectivity index (χ3n) is 4.52. The Kier molecular flexibility index (Phi) is 23.0. The highest BCUT2D eigenvalue weighted by molar-refractivity contribution is 5.24. The zero-order valence-electron chi connectivity index (χ0n) is 20.6. The summed E-state index contributed by atoms with van der Waals surface area (Å²) < 4.78 is 0. The van der Waals surface area contributed by atoms with Crippen LogP contribution in [-0.4, -0.2) is 10.2 Å². The van der Waals surface area contributed by atoms with Crippen LogP contribution in [0.2, 0.25) is 0 Å². The van der Waals surface area contributed by atoms with Crippen LogP contribution in [0.4, 0.5) is 0 Å². The summed E-state index contributed by atoms with van der Waals surface area (Å²) in [5, 5.41) is 7.68. The lowest BCUT2D eigenvalue weighted by atomic mass is 9.93. The average Bonchev–Trinajstić information content (AvgIpc) is 2.61. The van der Waals surface area contributed by atoms with Crippen LogP contribution in [-0.2, 0) is 0 Å². The average molecular weight is 393 g/mol. The second-order valence-corrected chi connectivity index (χ2v) is 8.15. The van der Waals surface area contributed by atoms with Gasteiger partial charge in [-0.3, -0.25) is 0 Å². The standard InChI is InChI=1S/C10H18.C7H10N2.C6H14.C2H6.CH4/c1-6-7-9(4)10(5)8(2)3;1-5-4-8-9-7(3)6(5)2;1-5-6(2,3)4;1-2;/h9H,2,5-7H2,1,3-4H3;4H,1-3H3;5H2,1-4H3;1-2H3;1H4. The molecule has 1 unspecified atom stereocenters. The second kappa shape index (κ2) is 18.9. The van der Waals surface area contributed by atoms with Crippen LogP contribution in [0.25, 0.3) is 0 Å². The lowest BCUT2D eigenvalue weighted by molar-refractivity contribution is 0.398. The van der Waals surface area contributed by atoms with Crippen LogP contribution < -0.4 is 0 Å². The molecule has 0 spiro atoms. The molecule has 0 aliphatic carbocycles. The molecule has 1 heterocycles. The van der Waals surface area contributed by atoms with Gasteiger partial charge in [-0.15, -0.1) is 0 Å². The van der Waals surface area contributed by atoms with Crippen LogP contribution in [0.1, 0.15) is 106 Å². The van der Waals surface area contributed by atoms with E-state index in [0.717, 1.165) is 11.3 Å². The van der Waals surface area contributed by atoms with Crippen LogP contribution in [0.3, 0.4) is 0 Å². The fraction of sp³-hybridized carbons (Fsp3) is 0.692. The zero-order chi connectivity index (χ0) is 22.2. The molecule has 0 N–H and O–H groups in total. The fourth-order valence-electron chi connectivity index (χ4n) is 1.69. The van der Waals surface area contributed by atoms with Crippen molar-refractivity contribution in [3.63, 3.8) is 0 Å².